The highest BCUT2D eigenvalue weighted by Gasteiger charge is 2.46. The van der Waals surface area contributed by atoms with Gasteiger partial charge in [-0.15, -0.1) is 0 Å². The Balaban J connectivity index is 3.13. The maximum Gasteiger partial charge on any atom is 0.246 e. The zero-order valence-electron chi connectivity index (χ0n) is 13.3. The SMILES string of the molecule is CCC1C(=O)NC(C(C)(C)C)C(=O)N1C(C)C(C)C. The zero-order chi connectivity index (χ0) is 15.0. The van der Waals surface area contributed by atoms with Gasteiger partial charge in [0, 0.05) is 6.04 Å². The first-order valence-corrected chi connectivity index (χ1v) is 7.23. The van der Waals surface area contributed by atoms with Gasteiger partial charge in [0.1, 0.15) is 12.1 Å². The van der Waals surface area contributed by atoms with Gasteiger partial charge >= 0.3 is 0 Å². The summed E-state index contributed by atoms with van der Waals surface area (Å²) in [6, 6.07) is -0.680. The van der Waals surface area contributed by atoms with Gasteiger partial charge in [-0.2, -0.15) is 0 Å². The number of nitrogens with one attached hydrogen (secondary N) is 1. The van der Waals surface area contributed by atoms with E-state index in [1.165, 1.54) is 0 Å². The average molecular weight is 268 g/mol. The number of carbonyl (C=O) groups excluding carboxylic acids is 2. The topological polar surface area (TPSA) is 49.4 Å². The van der Waals surface area contributed by atoms with Crippen LogP contribution in [-0.2, 0) is 9.59 Å². The number of hydrogen-bond donors (Lipinski definition) is 1. The van der Waals surface area contributed by atoms with Crippen molar-refractivity contribution >= 4 is 11.8 Å². The molecule has 0 aromatic heterocycles. The van der Waals surface area contributed by atoms with Gasteiger partial charge < -0.3 is 10.2 Å². The Morgan fingerprint density at radius 3 is 2.11 bits per heavy atom. The molecule has 1 aliphatic heterocycles. The zero-order valence-corrected chi connectivity index (χ0v) is 13.3. The normalized spacial score (nSPS) is 26.6. The average Bonchev–Trinajstić information content (AvgIpc) is 2.28. The lowest BCUT2D eigenvalue weighted by Crippen LogP contribution is -2.68. The number of rotatable bonds is 3. The van der Waals surface area contributed by atoms with E-state index in [1.54, 1.807) is 4.90 Å². The van der Waals surface area contributed by atoms with Crippen LogP contribution in [0.3, 0.4) is 0 Å². The second-order valence-electron chi connectivity index (χ2n) is 6.96. The molecule has 1 saturated heterocycles. The Kier molecular flexibility index (Phi) is 4.64. The summed E-state index contributed by atoms with van der Waals surface area (Å²) in [5.74, 6) is 0.374. The van der Waals surface area contributed by atoms with Crippen molar-refractivity contribution in [2.75, 3.05) is 0 Å². The van der Waals surface area contributed by atoms with Gasteiger partial charge in [0.05, 0.1) is 0 Å². The molecule has 1 fully saturated rings. The van der Waals surface area contributed by atoms with Gasteiger partial charge in [-0.1, -0.05) is 41.5 Å². The van der Waals surface area contributed by atoms with Crippen molar-refractivity contribution in [3.8, 4) is 0 Å². The number of carbonyl (C=O) groups is 2. The molecule has 0 bridgehead atoms. The van der Waals surface area contributed by atoms with Crippen molar-refractivity contribution in [2.24, 2.45) is 11.3 Å². The lowest BCUT2D eigenvalue weighted by atomic mass is 9.82. The van der Waals surface area contributed by atoms with Crippen molar-refractivity contribution in [3.05, 3.63) is 0 Å². The first-order chi connectivity index (χ1) is 8.61. The molecule has 4 nitrogen and oxygen atoms in total. The maximum absolute atomic E-state index is 12.7. The summed E-state index contributed by atoms with van der Waals surface area (Å²) in [7, 11) is 0. The minimum absolute atomic E-state index is 0.0190. The standard InChI is InChI=1S/C15H28N2O2/c1-8-11-13(18)16-12(15(5,6)7)14(19)17(11)10(4)9(2)3/h9-12H,8H2,1-7H3,(H,16,18). The van der Waals surface area contributed by atoms with Crippen LogP contribution in [0.5, 0.6) is 0 Å². The van der Waals surface area contributed by atoms with E-state index in [1.807, 2.05) is 34.6 Å². The summed E-state index contributed by atoms with van der Waals surface area (Å²) >= 11 is 0. The molecule has 1 aliphatic rings. The van der Waals surface area contributed by atoms with E-state index in [4.69, 9.17) is 0 Å². The third-order valence-corrected chi connectivity index (χ3v) is 4.08. The van der Waals surface area contributed by atoms with E-state index >= 15 is 0 Å². The molecule has 0 saturated carbocycles. The summed E-state index contributed by atoms with van der Waals surface area (Å²) in [6.07, 6.45) is 0.658. The molecule has 3 atom stereocenters. The van der Waals surface area contributed by atoms with Crippen molar-refractivity contribution in [3.63, 3.8) is 0 Å². The first-order valence-electron chi connectivity index (χ1n) is 7.23. The molecule has 110 valence electrons. The second-order valence-corrected chi connectivity index (χ2v) is 6.96. The Hall–Kier alpha value is -1.06. The highest BCUT2D eigenvalue weighted by molar-refractivity contribution is 5.97. The molecule has 2 amide bonds. The van der Waals surface area contributed by atoms with Crippen LogP contribution in [0, 0.1) is 11.3 Å². The minimum Gasteiger partial charge on any atom is -0.342 e. The summed E-state index contributed by atoms with van der Waals surface area (Å²) in [5, 5.41) is 2.90. The van der Waals surface area contributed by atoms with Crippen molar-refractivity contribution in [1.82, 2.24) is 10.2 Å². The van der Waals surface area contributed by atoms with E-state index in [2.05, 4.69) is 19.2 Å². The molecule has 19 heavy (non-hydrogen) atoms. The van der Waals surface area contributed by atoms with Crippen molar-refractivity contribution in [1.29, 1.82) is 0 Å². The highest BCUT2D eigenvalue weighted by atomic mass is 16.2. The predicted octanol–water partition coefficient (Wildman–Crippen LogP) is 2.18. The first kappa shape index (κ1) is 16.0. The Labute approximate surface area is 116 Å². The third-order valence-electron chi connectivity index (χ3n) is 4.08. The van der Waals surface area contributed by atoms with Crippen LogP contribution >= 0.6 is 0 Å². The second kappa shape index (κ2) is 5.51. The monoisotopic (exact) mass is 268 g/mol. The Bertz CT molecular complexity index is 358. The van der Waals surface area contributed by atoms with Crippen LogP contribution in [0.15, 0.2) is 0 Å². The Morgan fingerprint density at radius 2 is 1.74 bits per heavy atom. The molecule has 0 aliphatic carbocycles. The lowest BCUT2D eigenvalue weighted by Gasteiger charge is -2.46. The number of hydrogen-bond acceptors (Lipinski definition) is 2. The highest BCUT2D eigenvalue weighted by Crippen LogP contribution is 2.28. The summed E-state index contributed by atoms with van der Waals surface area (Å²) < 4.78 is 0. The van der Waals surface area contributed by atoms with Crippen molar-refractivity contribution in [2.45, 2.75) is 73.0 Å². The predicted molar refractivity (Wildman–Crippen MR) is 76.6 cm³/mol. The van der Waals surface area contributed by atoms with Gasteiger partial charge in [0.25, 0.3) is 0 Å². The lowest BCUT2D eigenvalue weighted by molar-refractivity contribution is -0.156. The van der Waals surface area contributed by atoms with E-state index < -0.39 is 6.04 Å². The van der Waals surface area contributed by atoms with Gasteiger partial charge in [-0.25, -0.2) is 0 Å². The largest absolute Gasteiger partial charge is 0.342 e. The number of amides is 2. The fourth-order valence-corrected chi connectivity index (χ4v) is 2.50. The minimum atomic E-state index is -0.427. The molecule has 0 aromatic rings. The molecular formula is C15H28N2O2. The fraction of sp³-hybridized carbons (Fsp3) is 0.867. The van der Waals surface area contributed by atoms with E-state index in [0.717, 1.165) is 0 Å². The molecule has 1 N–H and O–H groups in total. The fourth-order valence-electron chi connectivity index (χ4n) is 2.50. The maximum atomic E-state index is 12.7. The number of piperazine rings is 1. The molecule has 1 heterocycles. The van der Waals surface area contributed by atoms with E-state index in [9.17, 15) is 9.59 Å². The van der Waals surface area contributed by atoms with Crippen LogP contribution in [0.4, 0.5) is 0 Å². The molecule has 0 radical (unpaired) electrons. The van der Waals surface area contributed by atoms with Gasteiger partial charge in [0.2, 0.25) is 11.8 Å². The molecule has 3 unspecified atom stereocenters. The Morgan fingerprint density at radius 1 is 1.21 bits per heavy atom. The molecule has 4 heteroatoms. The van der Waals surface area contributed by atoms with Crippen LogP contribution < -0.4 is 5.32 Å². The van der Waals surface area contributed by atoms with E-state index in [-0.39, 0.29) is 29.3 Å². The van der Waals surface area contributed by atoms with Crippen LogP contribution in [-0.4, -0.2) is 34.8 Å². The van der Waals surface area contributed by atoms with E-state index in [0.29, 0.717) is 12.3 Å². The van der Waals surface area contributed by atoms with Crippen LogP contribution in [0.1, 0.15) is 54.9 Å². The van der Waals surface area contributed by atoms with Crippen molar-refractivity contribution < 1.29 is 9.59 Å². The number of nitrogens with zero attached hydrogens (tertiary/aromatic N) is 1. The smallest absolute Gasteiger partial charge is 0.246 e. The summed E-state index contributed by atoms with van der Waals surface area (Å²) in [4.78, 5) is 26.8. The quantitative estimate of drug-likeness (QED) is 0.853. The molecule has 0 spiro atoms. The van der Waals surface area contributed by atoms with Gasteiger partial charge in [-0.3, -0.25) is 9.59 Å². The summed E-state index contributed by atoms with van der Waals surface area (Å²) in [5.41, 5.74) is -0.263. The van der Waals surface area contributed by atoms with Crippen LogP contribution in [0.25, 0.3) is 0 Å². The molecular weight excluding hydrogens is 240 g/mol. The van der Waals surface area contributed by atoms with Crippen LogP contribution in [0.2, 0.25) is 0 Å². The molecule has 0 aromatic carbocycles. The van der Waals surface area contributed by atoms with Gasteiger partial charge in [0.15, 0.2) is 0 Å². The molecule has 1 rings (SSSR count). The van der Waals surface area contributed by atoms with Gasteiger partial charge in [-0.05, 0) is 24.7 Å². The third kappa shape index (κ3) is 3.10. The summed E-state index contributed by atoms with van der Waals surface area (Å²) in [6.45, 7) is 14.1.